The largest absolute Gasteiger partial charge is 0.497 e. The first-order valence-electron chi connectivity index (χ1n) is 5.84. The molecule has 0 amide bonds. The third-order valence-corrected chi connectivity index (χ3v) is 3.63. The van der Waals surface area contributed by atoms with Crippen LogP contribution in [0.4, 0.5) is 4.39 Å². The average Bonchev–Trinajstić information content (AvgIpc) is 2.77. The summed E-state index contributed by atoms with van der Waals surface area (Å²) < 4.78 is 20.8. The summed E-state index contributed by atoms with van der Waals surface area (Å²) in [5.41, 5.74) is 2.41. The highest BCUT2D eigenvalue weighted by Crippen LogP contribution is 2.26. The van der Waals surface area contributed by atoms with E-state index >= 15 is 0 Å². The highest BCUT2D eigenvalue weighted by molar-refractivity contribution is 7.71. The molecule has 0 aliphatic carbocycles. The van der Waals surface area contributed by atoms with Crippen LogP contribution in [0.25, 0.3) is 16.7 Å². The highest BCUT2D eigenvalue weighted by Gasteiger charge is 2.09. The van der Waals surface area contributed by atoms with Crippen molar-refractivity contribution in [3.8, 4) is 11.4 Å². The fraction of sp³-hybridized carbons (Fsp3) is 0.0714. The van der Waals surface area contributed by atoms with Gasteiger partial charge in [-0.15, -0.1) is 0 Å². The van der Waals surface area contributed by atoms with Crippen LogP contribution in [0.2, 0.25) is 5.02 Å². The van der Waals surface area contributed by atoms with Crippen molar-refractivity contribution in [1.82, 2.24) is 9.55 Å². The first-order chi connectivity index (χ1) is 9.60. The number of aromatic nitrogens is 2. The summed E-state index contributed by atoms with van der Waals surface area (Å²) in [7, 11) is 1.60. The van der Waals surface area contributed by atoms with Gasteiger partial charge in [0.2, 0.25) is 0 Å². The van der Waals surface area contributed by atoms with Gasteiger partial charge < -0.3 is 9.72 Å². The van der Waals surface area contributed by atoms with Crippen molar-refractivity contribution in [2.24, 2.45) is 0 Å². The summed E-state index contributed by atoms with van der Waals surface area (Å²) in [6.45, 7) is 0. The fourth-order valence-corrected chi connectivity index (χ4v) is 2.58. The van der Waals surface area contributed by atoms with E-state index in [0.29, 0.717) is 16.2 Å². The maximum Gasteiger partial charge on any atom is 0.182 e. The van der Waals surface area contributed by atoms with E-state index in [1.807, 2.05) is 18.2 Å². The van der Waals surface area contributed by atoms with Crippen molar-refractivity contribution in [2.45, 2.75) is 0 Å². The Bertz CT molecular complexity index is 856. The molecule has 3 nitrogen and oxygen atoms in total. The molecule has 1 N–H and O–H groups in total. The molecule has 1 aromatic heterocycles. The summed E-state index contributed by atoms with van der Waals surface area (Å²) in [6.07, 6.45) is 0. The SMILES string of the molecule is COc1ccc2[nH]c(=S)n(-c3ccc(F)c(Cl)c3)c2c1. The minimum Gasteiger partial charge on any atom is -0.497 e. The summed E-state index contributed by atoms with van der Waals surface area (Å²) in [5, 5.41) is 0.0571. The lowest BCUT2D eigenvalue weighted by molar-refractivity contribution is 0.415. The number of benzene rings is 2. The van der Waals surface area contributed by atoms with Crippen LogP contribution in [0.3, 0.4) is 0 Å². The summed E-state index contributed by atoms with van der Waals surface area (Å²) in [5.74, 6) is 0.257. The van der Waals surface area contributed by atoms with Crippen molar-refractivity contribution in [1.29, 1.82) is 0 Å². The maximum absolute atomic E-state index is 13.3. The van der Waals surface area contributed by atoms with Crippen LogP contribution in [0.15, 0.2) is 36.4 Å². The Morgan fingerprint density at radius 2 is 2.05 bits per heavy atom. The molecule has 0 unspecified atom stereocenters. The van der Waals surface area contributed by atoms with Crippen LogP contribution in [0.1, 0.15) is 0 Å². The number of aromatic amines is 1. The van der Waals surface area contributed by atoms with Crippen molar-refractivity contribution < 1.29 is 9.13 Å². The van der Waals surface area contributed by atoms with Crippen LogP contribution in [0.5, 0.6) is 5.75 Å². The van der Waals surface area contributed by atoms with E-state index in [9.17, 15) is 4.39 Å². The van der Waals surface area contributed by atoms with Gasteiger partial charge in [0.15, 0.2) is 4.77 Å². The van der Waals surface area contributed by atoms with Crippen molar-refractivity contribution in [2.75, 3.05) is 7.11 Å². The Morgan fingerprint density at radius 3 is 2.75 bits per heavy atom. The molecule has 0 bridgehead atoms. The van der Waals surface area contributed by atoms with Crippen LogP contribution in [-0.4, -0.2) is 16.7 Å². The van der Waals surface area contributed by atoms with E-state index in [4.69, 9.17) is 28.6 Å². The van der Waals surface area contributed by atoms with Gasteiger partial charge in [-0.3, -0.25) is 4.57 Å². The van der Waals surface area contributed by atoms with E-state index in [2.05, 4.69) is 4.98 Å². The molecular weight excluding hydrogens is 299 g/mol. The predicted octanol–water partition coefficient (Wildman–Crippen LogP) is 4.49. The Balaban J connectivity index is 2.31. The zero-order valence-electron chi connectivity index (χ0n) is 10.5. The van der Waals surface area contributed by atoms with Gasteiger partial charge in [0.05, 0.1) is 28.9 Å². The molecule has 0 saturated heterocycles. The molecule has 2 aromatic carbocycles. The minimum absolute atomic E-state index is 0.0571. The molecular formula is C14H10ClFN2OS. The summed E-state index contributed by atoms with van der Waals surface area (Å²) >= 11 is 11.2. The predicted molar refractivity (Wildman–Crippen MR) is 80.0 cm³/mol. The maximum atomic E-state index is 13.3. The molecule has 102 valence electrons. The molecule has 0 radical (unpaired) electrons. The first kappa shape index (κ1) is 13.1. The van der Waals surface area contributed by atoms with E-state index in [-0.39, 0.29) is 5.02 Å². The minimum atomic E-state index is -0.459. The van der Waals surface area contributed by atoms with Crippen LogP contribution in [0, 0.1) is 10.6 Å². The van der Waals surface area contributed by atoms with E-state index < -0.39 is 5.82 Å². The molecule has 3 rings (SSSR count). The number of rotatable bonds is 2. The standard InChI is InChI=1S/C14H10ClFN2OS/c1-19-9-3-5-12-13(7-9)18(14(20)17-12)8-2-4-11(16)10(15)6-8/h2-7H,1H3,(H,17,20). The first-order valence-corrected chi connectivity index (χ1v) is 6.63. The summed E-state index contributed by atoms with van der Waals surface area (Å²) in [6, 6.07) is 10.1. The number of methoxy groups -OCH3 is 1. The number of hydrogen-bond acceptors (Lipinski definition) is 2. The van der Waals surface area contributed by atoms with Crippen molar-refractivity contribution in [3.63, 3.8) is 0 Å². The molecule has 0 aliphatic heterocycles. The second kappa shape index (κ2) is 4.92. The van der Waals surface area contributed by atoms with Gasteiger partial charge in [-0.25, -0.2) is 4.39 Å². The molecule has 1 heterocycles. The lowest BCUT2D eigenvalue weighted by Crippen LogP contribution is -1.95. The van der Waals surface area contributed by atoms with Gasteiger partial charge in [0.25, 0.3) is 0 Å². The molecule has 0 atom stereocenters. The van der Waals surface area contributed by atoms with E-state index in [1.54, 1.807) is 23.8 Å². The van der Waals surface area contributed by atoms with Crippen LogP contribution in [-0.2, 0) is 0 Å². The Kier molecular flexibility index (Phi) is 3.23. The lowest BCUT2D eigenvalue weighted by atomic mass is 10.2. The zero-order valence-corrected chi connectivity index (χ0v) is 12.1. The van der Waals surface area contributed by atoms with Gasteiger partial charge in [-0.05, 0) is 42.5 Å². The molecule has 0 fully saturated rings. The number of H-pyrrole nitrogens is 1. The Labute approximate surface area is 124 Å². The van der Waals surface area contributed by atoms with Crippen LogP contribution >= 0.6 is 23.8 Å². The molecule has 3 aromatic rings. The van der Waals surface area contributed by atoms with Crippen LogP contribution < -0.4 is 4.74 Å². The molecule has 6 heteroatoms. The zero-order chi connectivity index (χ0) is 14.3. The number of ether oxygens (including phenoxy) is 1. The Hall–Kier alpha value is -1.85. The third kappa shape index (κ3) is 2.09. The molecule has 0 spiro atoms. The molecule has 0 aliphatic rings. The molecule has 0 saturated carbocycles. The van der Waals surface area contributed by atoms with Gasteiger partial charge in [0, 0.05) is 6.07 Å². The van der Waals surface area contributed by atoms with E-state index in [1.165, 1.54) is 6.07 Å². The third-order valence-electron chi connectivity index (χ3n) is 3.05. The fourth-order valence-electron chi connectivity index (χ4n) is 2.09. The number of imidazole rings is 1. The normalized spacial score (nSPS) is 10.9. The average molecular weight is 309 g/mol. The monoisotopic (exact) mass is 308 g/mol. The van der Waals surface area contributed by atoms with Gasteiger partial charge in [-0.2, -0.15) is 0 Å². The number of nitrogens with one attached hydrogen (secondary N) is 1. The quantitative estimate of drug-likeness (QED) is 0.707. The second-order valence-corrected chi connectivity index (χ2v) is 5.04. The number of nitrogens with zero attached hydrogens (tertiary/aromatic N) is 1. The lowest BCUT2D eigenvalue weighted by Gasteiger charge is -2.06. The van der Waals surface area contributed by atoms with Crippen molar-refractivity contribution in [3.05, 3.63) is 52.0 Å². The second-order valence-electron chi connectivity index (χ2n) is 4.25. The van der Waals surface area contributed by atoms with Gasteiger partial charge in [-0.1, -0.05) is 11.6 Å². The highest BCUT2D eigenvalue weighted by atomic mass is 35.5. The van der Waals surface area contributed by atoms with Gasteiger partial charge >= 0.3 is 0 Å². The summed E-state index contributed by atoms with van der Waals surface area (Å²) in [4.78, 5) is 3.10. The topological polar surface area (TPSA) is 29.9 Å². The number of fused-ring (bicyclic) bond motifs is 1. The van der Waals surface area contributed by atoms with E-state index in [0.717, 1.165) is 11.0 Å². The number of hydrogen-bond donors (Lipinski definition) is 1. The number of halogens is 2. The Morgan fingerprint density at radius 1 is 1.25 bits per heavy atom. The van der Waals surface area contributed by atoms with Crippen molar-refractivity contribution >= 4 is 34.9 Å². The molecule has 20 heavy (non-hydrogen) atoms. The smallest absolute Gasteiger partial charge is 0.182 e. The van der Waals surface area contributed by atoms with Gasteiger partial charge in [0.1, 0.15) is 11.6 Å².